The number of benzene rings is 3. The molecule has 0 fully saturated rings. The highest BCUT2D eigenvalue weighted by molar-refractivity contribution is 7.99. The van der Waals surface area contributed by atoms with Crippen molar-refractivity contribution in [3.8, 4) is 11.3 Å². The van der Waals surface area contributed by atoms with Crippen LogP contribution in [0.3, 0.4) is 0 Å². The van der Waals surface area contributed by atoms with Crippen molar-refractivity contribution < 1.29 is 8.78 Å². The number of hydrogen-bond donors (Lipinski definition) is 0. The van der Waals surface area contributed by atoms with Gasteiger partial charge in [0.05, 0.1) is 6.20 Å². The van der Waals surface area contributed by atoms with Crippen molar-refractivity contribution in [1.82, 2.24) is 10.2 Å². The quantitative estimate of drug-likeness (QED) is 0.443. The summed E-state index contributed by atoms with van der Waals surface area (Å²) in [6, 6.07) is 17.1. The molecule has 0 atom stereocenters. The van der Waals surface area contributed by atoms with Gasteiger partial charge in [-0.25, -0.2) is 8.78 Å². The van der Waals surface area contributed by atoms with E-state index in [9.17, 15) is 8.78 Å². The zero-order valence-electron chi connectivity index (χ0n) is 13.9. The molecule has 1 heterocycles. The molecule has 4 aromatic rings. The molecular weight excluding hydrogens is 350 g/mol. The number of aryl methyl sites for hydroxylation is 1. The Morgan fingerprint density at radius 1 is 0.846 bits per heavy atom. The lowest BCUT2D eigenvalue weighted by Gasteiger charge is -2.09. The molecule has 0 saturated carbocycles. The highest BCUT2D eigenvalue weighted by atomic mass is 32.2. The van der Waals surface area contributed by atoms with Crippen molar-refractivity contribution >= 4 is 22.5 Å². The zero-order valence-corrected chi connectivity index (χ0v) is 14.7. The molecule has 0 radical (unpaired) electrons. The van der Waals surface area contributed by atoms with E-state index in [2.05, 4.69) is 10.2 Å². The maximum absolute atomic E-state index is 13.4. The van der Waals surface area contributed by atoms with E-state index >= 15 is 0 Å². The molecule has 3 aromatic carbocycles. The summed E-state index contributed by atoms with van der Waals surface area (Å²) in [5.74, 6) is -0.524. The third-order valence-electron chi connectivity index (χ3n) is 4.11. The lowest BCUT2D eigenvalue weighted by molar-refractivity contribution is 0.624. The summed E-state index contributed by atoms with van der Waals surface area (Å²) in [6.45, 7) is 1.85. The summed E-state index contributed by atoms with van der Waals surface area (Å²) < 4.78 is 26.8. The van der Waals surface area contributed by atoms with E-state index in [4.69, 9.17) is 0 Å². The number of rotatable bonds is 3. The first-order chi connectivity index (χ1) is 12.6. The second-order valence-electron chi connectivity index (χ2n) is 5.96. The lowest BCUT2D eigenvalue weighted by atomic mass is 10.0. The Morgan fingerprint density at radius 2 is 1.65 bits per heavy atom. The van der Waals surface area contributed by atoms with Crippen LogP contribution in [-0.2, 0) is 0 Å². The second-order valence-corrected chi connectivity index (χ2v) is 7.11. The predicted molar refractivity (Wildman–Crippen MR) is 100 cm³/mol. The van der Waals surface area contributed by atoms with Crippen LogP contribution >= 0.6 is 11.8 Å². The van der Waals surface area contributed by atoms with Crippen molar-refractivity contribution in [1.29, 1.82) is 0 Å². The van der Waals surface area contributed by atoms with Crippen LogP contribution in [0.15, 0.2) is 76.7 Å². The molecular formula is C21H14F2N2S. The minimum absolute atomic E-state index is 0.254. The van der Waals surface area contributed by atoms with Gasteiger partial charge < -0.3 is 0 Å². The largest absolute Gasteiger partial charge is 0.207 e. The molecule has 0 spiro atoms. The molecule has 1 aromatic heterocycles. The summed E-state index contributed by atoms with van der Waals surface area (Å²) in [5, 5.41) is 10.2. The third-order valence-corrected chi connectivity index (χ3v) is 5.09. The van der Waals surface area contributed by atoms with Crippen LogP contribution in [0.4, 0.5) is 8.78 Å². The Kier molecular flexibility index (Phi) is 4.39. The van der Waals surface area contributed by atoms with Crippen LogP contribution in [0.2, 0.25) is 0 Å². The molecule has 0 aliphatic carbocycles. The monoisotopic (exact) mass is 364 g/mol. The standard InChI is InChI=1S/C21H14F2N2S/c1-13-9-16(23)5-7-19(13)21-20-8-6-18(10-14(20)12-24-25-21)26-17-4-2-3-15(22)11-17/h2-12H,1H3. The van der Waals surface area contributed by atoms with Crippen LogP contribution in [0.25, 0.3) is 22.0 Å². The highest BCUT2D eigenvalue weighted by Gasteiger charge is 2.11. The lowest BCUT2D eigenvalue weighted by Crippen LogP contribution is -1.93. The Labute approximate surface area is 153 Å². The van der Waals surface area contributed by atoms with Gasteiger partial charge >= 0.3 is 0 Å². The van der Waals surface area contributed by atoms with Crippen LogP contribution in [0, 0.1) is 18.6 Å². The minimum Gasteiger partial charge on any atom is -0.207 e. The van der Waals surface area contributed by atoms with E-state index < -0.39 is 0 Å². The summed E-state index contributed by atoms with van der Waals surface area (Å²) >= 11 is 1.49. The van der Waals surface area contributed by atoms with E-state index in [-0.39, 0.29) is 11.6 Å². The van der Waals surface area contributed by atoms with E-state index in [1.165, 1.54) is 36.0 Å². The average molecular weight is 364 g/mol. The van der Waals surface area contributed by atoms with Gasteiger partial charge in [-0.3, -0.25) is 0 Å². The number of hydrogen-bond acceptors (Lipinski definition) is 3. The normalized spacial score (nSPS) is 11.0. The smallest absolute Gasteiger partial charge is 0.124 e. The Morgan fingerprint density at radius 3 is 2.46 bits per heavy atom. The number of fused-ring (bicyclic) bond motifs is 1. The van der Waals surface area contributed by atoms with Gasteiger partial charge in [-0.2, -0.15) is 5.10 Å². The van der Waals surface area contributed by atoms with Gasteiger partial charge in [0.15, 0.2) is 0 Å². The van der Waals surface area contributed by atoms with Crippen molar-refractivity contribution in [2.75, 3.05) is 0 Å². The van der Waals surface area contributed by atoms with Crippen LogP contribution < -0.4 is 0 Å². The summed E-state index contributed by atoms with van der Waals surface area (Å²) in [7, 11) is 0. The highest BCUT2D eigenvalue weighted by Crippen LogP contribution is 2.33. The molecule has 2 nitrogen and oxygen atoms in total. The number of aromatic nitrogens is 2. The van der Waals surface area contributed by atoms with Crippen LogP contribution in [0.5, 0.6) is 0 Å². The molecule has 128 valence electrons. The van der Waals surface area contributed by atoms with E-state index in [0.29, 0.717) is 0 Å². The first kappa shape index (κ1) is 16.7. The van der Waals surface area contributed by atoms with Gasteiger partial charge in [0.2, 0.25) is 0 Å². The average Bonchev–Trinajstić information content (AvgIpc) is 2.61. The first-order valence-corrected chi connectivity index (χ1v) is 8.87. The van der Waals surface area contributed by atoms with E-state index in [1.54, 1.807) is 18.3 Å². The maximum atomic E-state index is 13.4. The fourth-order valence-corrected chi connectivity index (χ4v) is 3.80. The van der Waals surface area contributed by atoms with Crippen LogP contribution in [-0.4, -0.2) is 10.2 Å². The van der Waals surface area contributed by atoms with Crippen LogP contribution in [0.1, 0.15) is 5.56 Å². The summed E-state index contributed by atoms with van der Waals surface area (Å²) in [4.78, 5) is 1.82. The molecule has 4 rings (SSSR count). The van der Waals surface area contributed by atoms with Crippen molar-refractivity contribution in [2.24, 2.45) is 0 Å². The SMILES string of the molecule is Cc1cc(F)ccc1-c1nncc2cc(Sc3cccc(F)c3)ccc12. The zero-order chi connectivity index (χ0) is 18.1. The molecule has 0 unspecified atom stereocenters. The fraction of sp³-hybridized carbons (Fsp3) is 0.0476. The van der Waals surface area contributed by atoms with Crippen molar-refractivity contribution in [3.05, 3.63) is 84.1 Å². The predicted octanol–water partition coefficient (Wildman–Crippen LogP) is 6.03. The molecule has 0 N–H and O–H groups in total. The minimum atomic E-state index is -0.270. The Hall–Kier alpha value is -2.79. The Bertz CT molecular complexity index is 1110. The first-order valence-electron chi connectivity index (χ1n) is 8.05. The maximum Gasteiger partial charge on any atom is 0.124 e. The molecule has 0 saturated heterocycles. The third kappa shape index (κ3) is 3.30. The van der Waals surface area contributed by atoms with Crippen molar-refractivity contribution in [3.63, 3.8) is 0 Å². The fourth-order valence-electron chi connectivity index (χ4n) is 2.89. The topological polar surface area (TPSA) is 25.8 Å². The molecule has 0 bridgehead atoms. The molecule has 0 amide bonds. The summed E-state index contributed by atoms with van der Waals surface area (Å²) in [5.41, 5.74) is 2.39. The Balaban J connectivity index is 1.76. The number of halogens is 2. The van der Waals surface area contributed by atoms with Gasteiger partial charge in [0.1, 0.15) is 17.3 Å². The van der Waals surface area contributed by atoms with Gasteiger partial charge in [-0.05, 0) is 61.0 Å². The summed E-state index contributed by atoms with van der Waals surface area (Å²) in [6.07, 6.45) is 1.70. The van der Waals surface area contributed by atoms with E-state index in [1.807, 2.05) is 31.2 Å². The van der Waals surface area contributed by atoms with Gasteiger partial charge in [0.25, 0.3) is 0 Å². The molecule has 26 heavy (non-hydrogen) atoms. The number of nitrogens with zero attached hydrogens (tertiary/aromatic N) is 2. The van der Waals surface area contributed by atoms with E-state index in [0.717, 1.165) is 37.4 Å². The molecule has 0 aliphatic heterocycles. The molecule has 0 aliphatic rings. The van der Waals surface area contributed by atoms with Gasteiger partial charge in [-0.15, -0.1) is 5.10 Å². The van der Waals surface area contributed by atoms with Gasteiger partial charge in [-0.1, -0.05) is 23.9 Å². The second kappa shape index (κ2) is 6.84. The van der Waals surface area contributed by atoms with Gasteiger partial charge in [0, 0.05) is 26.1 Å². The van der Waals surface area contributed by atoms with Crippen molar-refractivity contribution in [2.45, 2.75) is 16.7 Å². The molecule has 5 heteroatoms.